The minimum absolute atomic E-state index is 0.0257. The Morgan fingerprint density at radius 2 is 1.93 bits per heavy atom. The Kier molecular flexibility index (Phi) is 4.32. The number of fused-ring (bicyclic) bond motifs is 5. The van der Waals surface area contributed by atoms with Gasteiger partial charge < -0.3 is 14.7 Å². The fraction of sp³-hybridized carbons (Fsp3) is 0.550. The summed E-state index contributed by atoms with van der Waals surface area (Å²) in [4.78, 5) is 36.0. The molecule has 3 aliphatic heterocycles. The minimum atomic E-state index is 0.0257. The van der Waals surface area contributed by atoms with Crippen molar-refractivity contribution in [1.29, 1.82) is 0 Å². The first-order valence-electron chi connectivity index (χ1n) is 9.57. The van der Waals surface area contributed by atoms with Crippen LogP contribution in [0.25, 0.3) is 5.65 Å². The lowest BCUT2D eigenvalue weighted by Crippen LogP contribution is -2.48. The van der Waals surface area contributed by atoms with E-state index in [9.17, 15) is 9.59 Å². The van der Waals surface area contributed by atoms with Gasteiger partial charge in [0.2, 0.25) is 0 Å². The lowest BCUT2D eigenvalue weighted by Gasteiger charge is -2.36. The summed E-state index contributed by atoms with van der Waals surface area (Å²) in [6.07, 6.45) is 3.94. The van der Waals surface area contributed by atoms with Gasteiger partial charge in [-0.15, -0.1) is 0 Å². The highest BCUT2D eigenvalue weighted by atomic mass is 16.2. The third-order valence-corrected chi connectivity index (χ3v) is 5.79. The second kappa shape index (κ2) is 6.55. The number of rotatable bonds is 1. The van der Waals surface area contributed by atoms with Crippen molar-refractivity contribution >= 4 is 17.6 Å². The lowest BCUT2D eigenvalue weighted by atomic mass is 9.94. The quantitative estimate of drug-likeness (QED) is 0.774. The number of aromatic nitrogens is 2. The Balaban J connectivity index is 1.65. The molecule has 7 heteroatoms. The van der Waals surface area contributed by atoms with Gasteiger partial charge in [-0.25, -0.2) is 9.78 Å². The number of amides is 3. The number of carbonyl (C=O) groups excluding carboxylic acids is 2. The Labute approximate surface area is 159 Å². The van der Waals surface area contributed by atoms with E-state index in [-0.39, 0.29) is 18.0 Å². The zero-order valence-electron chi connectivity index (χ0n) is 16.5. The fourth-order valence-corrected chi connectivity index (χ4v) is 4.43. The molecule has 2 atom stereocenters. The second-order valence-electron chi connectivity index (χ2n) is 8.11. The summed E-state index contributed by atoms with van der Waals surface area (Å²) in [6, 6.07) is 4.09. The van der Waals surface area contributed by atoms with E-state index >= 15 is 0 Å². The van der Waals surface area contributed by atoms with Crippen LogP contribution in [-0.4, -0.2) is 75.8 Å². The molecule has 5 rings (SSSR count). The molecule has 3 saturated heterocycles. The molecule has 3 amide bonds. The molecule has 5 heterocycles. The Morgan fingerprint density at radius 3 is 2.67 bits per heavy atom. The van der Waals surface area contributed by atoms with Crippen LogP contribution < -0.4 is 0 Å². The predicted octanol–water partition coefficient (Wildman–Crippen LogP) is 2.17. The summed E-state index contributed by atoms with van der Waals surface area (Å²) in [6.45, 7) is 5.96. The first-order valence-corrected chi connectivity index (χ1v) is 9.57. The van der Waals surface area contributed by atoms with Crippen molar-refractivity contribution in [3.05, 3.63) is 35.3 Å². The summed E-state index contributed by atoms with van der Waals surface area (Å²) in [5.74, 6) is 0.357. The van der Waals surface area contributed by atoms with Gasteiger partial charge in [0.15, 0.2) is 0 Å². The average Bonchev–Trinajstić information content (AvgIpc) is 2.78. The normalized spacial score (nSPS) is 22.2. The van der Waals surface area contributed by atoms with Gasteiger partial charge in [-0.3, -0.25) is 9.20 Å². The molecular formula is C20H27N5O2. The molecule has 0 radical (unpaired) electrons. The third-order valence-electron chi connectivity index (χ3n) is 5.79. The molecule has 0 aliphatic carbocycles. The van der Waals surface area contributed by atoms with Gasteiger partial charge in [0.05, 0.1) is 5.69 Å². The van der Waals surface area contributed by atoms with Crippen molar-refractivity contribution in [2.45, 2.75) is 32.7 Å². The fourth-order valence-electron chi connectivity index (χ4n) is 4.43. The third kappa shape index (κ3) is 3.05. The van der Waals surface area contributed by atoms with Gasteiger partial charge >= 0.3 is 6.03 Å². The van der Waals surface area contributed by atoms with Gasteiger partial charge in [-0.05, 0) is 50.3 Å². The van der Waals surface area contributed by atoms with Crippen molar-refractivity contribution < 1.29 is 9.59 Å². The van der Waals surface area contributed by atoms with E-state index in [1.807, 2.05) is 46.4 Å². The Bertz CT molecular complexity index is 903. The maximum absolute atomic E-state index is 13.5. The van der Waals surface area contributed by atoms with Crippen LogP contribution in [0.3, 0.4) is 0 Å². The maximum atomic E-state index is 13.5. The van der Waals surface area contributed by atoms with Crippen molar-refractivity contribution in [2.24, 2.45) is 5.92 Å². The molecule has 27 heavy (non-hydrogen) atoms. The van der Waals surface area contributed by atoms with Gasteiger partial charge in [-0.2, -0.15) is 0 Å². The number of pyridine rings is 1. The number of nitrogens with zero attached hydrogens (tertiary/aromatic N) is 5. The molecule has 0 aromatic carbocycles. The van der Waals surface area contributed by atoms with Crippen LogP contribution in [0.1, 0.15) is 34.6 Å². The highest BCUT2D eigenvalue weighted by Crippen LogP contribution is 2.30. The van der Waals surface area contributed by atoms with Crippen LogP contribution in [0.2, 0.25) is 0 Å². The first kappa shape index (κ1) is 17.8. The first-order chi connectivity index (χ1) is 12.8. The largest absolute Gasteiger partial charge is 0.332 e. The van der Waals surface area contributed by atoms with Crippen LogP contribution in [0, 0.1) is 19.8 Å². The number of aryl methyl sites for hydroxylation is 2. The highest BCUT2D eigenvalue weighted by Gasteiger charge is 2.40. The van der Waals surface area contributed by atoms with E-state index in [4.69, 9.17) is 0 Å². The van der Waals surface area contributed by atoms with Crippen LogP contribution in [0.15, 0.2) is 18.3 Å². The molecule has 0 N–H and O–H groups in total. The molecule has 3 aliphatic rings. The van der Waals surface area contributed by atoms with Crippen LogP contribution in [-0.2, 0) is 0 Å². The molecule has 0 unspecified atom stereocenters. The number of imidazole rings is 1. The number of carbonyl (C=O) groups is 2. The zero-order chi connectivity index (χ0) is 19.3. The van der Waals surface area contributed by atoms with Gasteiger partial charge in [0.25, 0.3) is 5.91 Å². The van der Waals surface area contributed by atoms with Gasteiger partial charge in [-0.1, -0.05) is 0 Å². The Morgan fingerprint density at radius 1 is 1.15 bits per heavy atom. The van der Waals surface area contributed by atoms with Crippen molar-refractivity contribution in [2.75, 3.05) is 33.7 Å². The summed E-state index contributed by atoms with van der Waals surface area (Å²) in [7, 11) is 3.56. The molecule has 0 saturated carbocycles. The predicted molar refractivity (Wildman–Crippen MR) is 103 cm³/mol. The topological polar surface area (TPSA) is 61.2 Å². The van der Waals surface area contributed by atoms with Crippen molar-refractivity contribution in [3.63, 3.8) is 0 Å². The Hall–Kier alpha value is -2.57. The monoisotopic (exact) mass is 369 g/mol. The lowest BCUT2D eigenvalue weighted by molar-refractivity contribution is 0.0577. The standard InChI is InChI=1S/C20H27N5O2/c1-13-7-8-24-17(9-13)21-14(2)18(24)19(26)25-11-15-5-6-16(25)12-23(10-15)20(27)22(3)4/h7-9,15-16H,5-6,10-12H2,1-4H3/t15-,16+/m0/s1. The number of hydrogen-bond donors (Lipinski definition) is 0. The van der Waals surface area contributed by atoms with Crippen LogP contribution >= 0.6 is 0 Å². The van der Waals surface area contributed by atoms with Gasteiger partial charge in [0.1, 0.15) is 11.3 Å². The van der Waals surface area contributed by atoms with Crippen molar-refractivity contribution in [3.8, 4) is 0 Å². The molecule has 7 nitrogen and oxygen atoms in total. The molecule has 3 fully saturated rings. The van der Waals surface area contributed by atoms with E-state index in [0.29, 0.717) is 24.7 Å². The minimum Gasteiger partial charge on any atom is -0.332 e. The van der Waals surface area contributed by atoms with Crippen LogP contribution in [0.5, 0.6) is 0 Å². The van der Waals surface area contributed by atoms with E-state index in [0.717, 1.165) is 36.3 Å². The molecule has 2 bridgehead atoms. The molecule has 2 aromatic heterocycles. The van der Waals surface area contributed by atoms with E-state index in [1.54, 1.807) is 19.0 Å². The summed E-state index contributed by atoms with van der Waals surface area (Å²) < 4.78 is 1.89. The number of hydrogen-bond acceptors (Lipinski definition) is 3. The van der Waals surface area contributed by atoms with Gasteiger partial charge in [0, 0.05) is 46.0 Å². The average molecular weight is 369 g/mol. The number of piperidine rings is 1. The van der Waals surface area contributed by atoms with E-state index < -0.39 is 0 Å². The van der Waals surface area contributed by atoms with E-state index in [1.165, 1.54) is 0 Å². The number of urea groups is 1. The highest BCUT2D eigenvalue weighted by molar-refractivity contribution is 5.95. The maximum Gasteiger partial charge on any atom is 0.319 e. The molecular weight excluding hydrogens is 342 g/mol. The summed E-state index contributed by atoms with van der Waals surface area (Å²) >= 11 is 0. The molecule has 0 spiro atoms. The summed E-state index contributed by atoms with van der Waals surface area (Å²) in [5, 5.41) is 0. The molecule has 144 valence electrons. The second-order valence-corrected chi connectivity index (χ2v) is 8.11. The smallest absolute Gasteiger partial charge is 0.319 e. The van der Waals surface area contributed by atoms with Crippen molar-refractivity contribution in [1.82, 2.24) is 24.1 Å². The molecule has 2 aromatic rings. The zero-order valence-corrected chi connectivity index (χ0v) is 16.5. The summed E-state index contributed by atoms with van der Waals surface area (Å²) in [5.41, 5.74) is 3.33. The van der Waals surface area contributed by atoms with E-state index in [2.05, 4.69) is 4.98 Å². The SMILES string of the molecule is Cc1ccn2c(C(=O)N3C[C@H]4CC[C@@H]3CN(C(=O)N(C)C)C4)c(C)nc2c1. The van der Waals surface area contributed by atoms with Crippen LogP contribution in [0.4, 0.5) is 4.79 Å².